The van der Waals surface area contributed by atoms with E-state index in [0.29, 0.717) is 0 Å². The van der Waals surface area contributed by atoms with Gasteiger partial charge in [0.15, 0.2) is 0 Å². The molecule has 0 spiro atoms. The van der Waals surface area contributed by atoms with Crippen LogP contribution in [-0.4, -0.2) is 37.1 Å². The van der Waals surface area contributed by atoms with Gasteiger partial charge in [-0.05, 0) is 50.4 Å². The number of hydrogen-bond donors (Lipinski definition) is 0. The number of benzene rings is 1. The quantitative estimate of drug-likeness (QED) is 0.784. The molecule has 18 heavy (non-hydrogen) atoms. The summed E-state index contributed by atoms with van der Waals surface area (Å²) >= 11 is 3.65. The fraction of sp³-hybridized carbons (Fsp3) is 0.600. The van der Waals surface area contributed by atoms with Gasteiger partial charge in [-0.2, -0.15) is 0 Å². The molecule has 0 N–H and O–H groups in total. The van der Waals surface area contributed by atoms with Gasteiger partial charge in [0.25, 0.3) is 0 Å². The fourth-order valence-corrected chi connectivity index (χ4v) is 3.72. The Balaban J connectivity index is 1.85. The Bertz CT molecular complexity index is 433. The molecule has 0 saturated carbocycles. The first-order valence-corrected chi connectivity index (χ1v) is 7.79. The lowest BCUT2D eigenvalue weighted by atomic mass is 10.1. The molecule has 1 aromatic carbocycles. The Morgan fingerprint density at radius 1 is 1.17 bits per heavy atom. The Morgan fingerprint density at radius 3 is 2.89 bits per heavy atom. The molecule has 2 fully saturated rings. The normalized spacial score (nSPS) is 25.0. The van der Waals surface area contributed by atoms with Crippen LogP contribution in [0.2, 0.25) is 0 Å². The largest absolute Gasteiger partial charge is 0.370 e. The van der Waals surface area contributed by atoms with E-state index in [0.717, 1.165) is 6.04 Å². The molecule has 0 amide bonds. The molecule has 0 radical (unpaired) electrons. The maximum atomic E-state index is 3.65. The minimum Gasteiger partial charge on any atom is -0.370 e. The van der Waals surface area contributed by atoms with Gasteiger partial charge in [0.2, 0.25) is 0 Å². The van der Waals surface area contributed by atoms with Gasteiger partial charge in [-0.1, -0.05) is 22.0 Å². The summed E-state index contributed by atoms with van der Waals surface area (Å²) in [5.74, 6) is 0. The molecule has 0 aliphatic carbocycles. The molecule has 0 aromatic heterocycles. The summed E-state index contributed by atoms with van der Waals surface area (Å²) in [7, 11) is 0. The van der Waals surface area contributed by atoms with Crippen LogP contribution in [0.3, 0.4) is 0 Å². The van der Waals surface area contributed by atoms with E-state index in [9.17, 15) is 0 Å². The predicted molar refractivity (Wildman–Crippen MR) is 80.3 cm³/mol. The zero-order chi connectivity index (χ0) is 12.5. The molecular formula is C15H21BrN2. The highest BCUT2D eigenvalue weighted by atomic mass is 79.9. The van der Waals surface area contributed by atoms with E-state index in [1.165, 1.54) is 61.2 Å². The summed E-state index contributed by atoms with van der Waals surface area (Å²) in [6.07, 6.45) is 4.06. The minimum atomic E-state index is 0.783. The first-order chi connectivity index (χ1) is 8.75. The lowest BCUT2D eigenvalue weighted by Crippen LogP contribution is -2.36. The monoisotopic (exact) mass is 308 g/mol. The standard InChI is InChI=1S/C15H21BrN2/c1-12-14(16)6-2-7-15(12)18-10-4-9-17-8-3-5-13(17)11-18/h2,6-7,13H,3-5,8-11H2,1H3. The fourth-order valence-electron chi connectivity index (χ4n) is 3.36. The van der Waals surface area contributed by atoms with Crippen molar-refractivity contribution in [2.24, 2.45) is 0 Å². The van der Waals surface area contributed by atoms with Crippen molar-refractivity contribution in [3.63, 3.8) is 0 Å². The van der Waals surface area contributed by atoms with E-state index < -0.39 is 0 Å². The van der Waals surface area contributed by atoms with Crippen LogP contribution in [0.4, 0.5) is 5.69 Å². The zero-order valence-corrected chi connectivity index (χ0v) is 12.6. The summed E-state index contributed by atoms with van der Waals surface area (Å²) < 4.78 is 1.23. The van der Waals surface area contributed by atoms with E-state index in [2.05, 4.69) is 50.9 Å². The maximum absolute atomic E-state index is 3.65. The van der Waals surface area contributed by atoms with Crippen LogP contribution in [0.25, 0.3) is 0 Å². The van der Waals surface area contributed by atoms with Crippen LogP contribution in [0.15, 0.2) is 22.7 Å². The second kappa shape index (κ2) is 5.22. The number of halogens is 1. The predicted octanol–water partition coefficient (Wildman–Crippen LogP) is 3.43. The van der Waals surface area contributed by atoms with Gasteiger partial charge in [0, 0.05) is 35.8 Å². The third kappa shape index (κ3) is 2.30. The lowest BCUT2D eigenvalue weighted by Gasteiger charge is -2.28. The third-order valence-corrected chi connectivity index (χ3v) is 5.24. The smallest absolute Gasteiger partial charge is 0.0407 e. The molecule has 1 atom stereocenters. The summed E-state index contributed by atoms with van der Waals surface area (Å²) in [5, 5.41) is 0. The maximum Gasteiger partial charge on any atom is 0.0407 e. The van der Waals surface area contributed by atoms with Crippen LogP contribution < -0.4 is 4.90 Å². The van der Waals surface area contributed by atoms with Crippen molar-refractivity contribution in [3.05, 3.63) is 28.2 Å². The number of hydrogen-bond acceptors (Lipinski definition) is 2. The topological polar surface area (TPSA) is 6.48 Å². The Morgan fingerprint density at radius 2 is 2.00 bits per heavy atom. The molecule has 2 nitrogen and oxygen atoms in total. The molecular weight excluding hydrogens is 288 g/mol. The van der Waals surface area contributed by atoms with Gasteiger partial charge in [-0.15, -0.1) is 0 Å². The zero-order valence-electron chi connectivity index (χ0n) is 11.0. The number of anilines is 1. The molecule has 3 heteroatoms. The van der Waals surface area contributed by atoms with E-state index in [1.807, 2.05) is 0 Å². The first kappa shape index (κ1) is 12.5. The lowest BCUT2D eigenvalue weighted by molar-refractivity contribution is 0.273. The van der Waals surface area contributed by atoms with E-state index in [1.54, 1.807) is 0 Å². The van der Waals surface area contributed by atoms with E-state index in [4.69, 9.17) is 0 Å². The number of nitrogens with zero attached hydrogens (tertiary/aromatic N) is 2. The van der Waals surface area contributed by atoms with Crippen LogP contribution in [0.1, 0.15) is 24.8 Å². The number of rotatable bonds is 1. The van der Waals surface area contributed by atoms with Gasteiger partial charge >= 0.3 is 0 Å². The average Bonchev–Trinajstić information content (AvgIpc) is 2.70. The minimum absolute atomic E-state index is 0.783. The molecule has 2 aliphatic rings. The van der Waals surface area contributed by atoms with Crippen molar-refractivity contribution in [2.75, 3.05) is 31.1 Å². The second-order valence-electron chi connectivity index (χ2n) is 5.52. The Kier molecular flexibility index (Phi) is 3.62. The number of fused-ring (bicyclic) bond motifs is 1. The molecule has 2 saturated heterocycles. The van der Waals surface area contributed by atoms with E-state index >= 15 is 0 Å². The van der Waals surface area contributed by atoms with Crippen LogP contribution >= 0.6 is 15.9 Å². The first-order valence-electron chi connectivity index (χ1n) is 7.00. The van der Waals surface area contributed by atoms with Crippen molar-refractivity contribution < 1.29 is 0 Å². The van der Waals surface area contributed by atoms with Crippen LogP contribution in [-0.2, 0) is 0 Å². The molecule has 1 unspecified atom stereocenters. The van der Waals surface area contributed by atoms with Gasteiger partial charge in [0.1, 0.15) is 0 Å². The van der Waals surface area contributed by atoms with Crippen LogP contribution in [0, 0.1) is 6.92 Å². The SMILES string of the molecule is Cc1c(Br)cccc1N1CCCN2CCCC2C1. The van der Waals surface area contributed by atoms with Crippen molar-refractivity contribution in [1.29, 1.82) is 0 Å². The summed E-state index contributed by atoms with van der Waals surface area (Å²) in [6, 6.07) is 7.35. The van der Waals surface area contributed by atoms with Gasteiger partial charge in [-0.25, -0.2) is 0 Å². The van der Waals surface area contributed by atoms with Crippen molar-refractivity contribution in [3.8, 4) is 0 Å². The van der Waals surface area contributed by atoms with Crippen molar-refractivity contribution in [2.45, 2.75) is 32.2 Å². The molecule has 3 rings (SSSR count). The molecule has 0 bridgehead atoms. The summed E-state index contributed by atoms with van der Waals surface area (Å²) in [6.45, 7) is 7.22. The van der Waals surface area contributed by atoms with Crippen molar-refractivity contribution in [1.82, 2.24) is 4.90 Å². The van der Waals surface area contributed by atoms with E-state index in [-0.39, 0.29) is 0 Å². The average molecular weight is 309 g/mol. The molecule has 98 valence electrons. The molecule has 2 aliphatic heterocycles. The highest BCUT2D eigenvalue weighted by Gasteiger charge is 2.29. The Hall–Kier alpha value is -0.540. The van der Waals surface area contributed by atoms with Crippen molar-refractivity contribution >= 4 is 21.6 Å². The summed E-state index contributed by atoms with van der Waals surface area (Å²) in [4.78, 5) is 5.28. The second-order valence-corrected chi connectivity index (χ2v) is 6.37. The molecule has 1 aromatic rings. The van der Waals surface area contributed by atoms with Gasteiger partial charge < -0.3 is 4.90 Å². The highest BCUT2D eigenvalue weighted by molar-refractivity contribution is 9.10. The summed E-state index contributed by atoms with van der Waals surface area (Å²) in [5.41, 5.74) is 2.79. The molecule has 2 heterocycles. The van der Waals surface area contributed by atoms with Gasteiger partial charge in [0.05, 0.1) is 0 Å². The van der Waals surface area contributed by atoms with Crippen LogP contribution in [0.5, 0.6) is 0 Å². The Labute approximate surface area is 118 Å². The highest BCUT2D eigenvalue weighted by Crippen LogP contribution is 2.30. The van der Waals surface area contributed by atoms with Gasteiger partial charge in [-0.3, -0.25) is 4.90 Å². The third-order valence-electron chi connectivity index (χ3n) is 4.38.